The molecule has 0 amide bonds. The van der Waals surface area contributed by atoms with E-state index in [0.717, 1.165) is 30.0 Å². The minimum absolute atomic E-state index is 0.251. The van der Waals surface area contributed by atoms with Crippen LogP contribution in [0.5, 0.6) is 5.75 Å². The number of thiophene rings is 1. The number of ether oxygens (including phenoxy) is 2. The van der Waals surface area contributed by atoms with Crippen molar-refractivity contribution in [2.75, 3.05) is 49.8 Å². The van der Waals surface area contributed by atoms with E-state index in [9.17, 15) is 8.42 Å². The van der Waals surface area contributed by atoms with Gasteiger partial charge in [0.2, 0.25) is 0 Å². The number of methoxy groups -OCH3 is 1. The monoisotopic (exact) mass is 463 g/mol. The topological polar surface area (TPSA) is 79.9 Å². The summed E-state index contributed by atoms with van der Waals surface area (Å²) in [4.78, 5) is 1.91. The molecule has 9 heteroatoms. The van der Waals surface area contributed by atoms with E-state index in [1.165, 1.54) is 16.9 Å². The van der Waals surface area contributed by atoms with Crippen molar-refractivity contribution in [1.82, 2.24) is 0 Å². The molecule has 0 saturated heterocycles. The molecule has 7 nitrogen and oxygen atoms in total. The minimum Gasteiger partial charge on any atom is -0.494 e. The number of hydrogen-bond donors (Lipinski definition) is 2. The quantitative estimate of drug-likeness (QED) is 0.495. The molecule has 0 radical (unpaired) electrons. The molecule has 31 heavy (non-hydrogen) atoms. The van der Waals surface area contributed by atoms with Gasteiger partial charge in [-0.3, -0.25) is 4.72 Å². The lowest BCUT2D eigenvalue weighted by molar-refractivity contribution is 0.241. The first-order chi connectivity index (χ1) is 14.8. The van der Waals surface area contributed by atoms with Gasteiger partial charge in [-0.05, 0) is 55.0 Å². The van der Waals surface area contributed by atoms with E-state index in [4.69, 9.17) is 9.47 Å². The van der Waals surface area contributed by atoms with Crippen LogP contribution in [0.3, 0.4) is 0 Å². The molecule has 1 aliphatic carbocycles. The first-order valence-electron chi connectivity index (χ1n) is 10.0. The standard InChI is InChI=1S/C22H29N3O4S2/c1-6-29-19(15-9-10-15)12-11-16-17(24-31(26,27)20-8-7-13-30-20)14-18(25(3)4)21(23-2)22(16)28-5/h7-8,11-14,23-24H,6,9-10H2,1-5H3/b12-11+. The Morgan fingerprint density at radius 1 is 1.32 bits per heavy atom. The molecule has 168 valence electrons. The summed E-state index contributed by atoms with van der Waals surface area (Å²) in [6, 6.07) is 5.11. The van der Waals surface area contributed by atoms with Crippen molar-refractivity contribution in [2.45, 2.75) is 24.0 Å². The number of anilines is 3. The highest BCUT2D eigenvalue weighted by atomic mass is 32.2. The summed E-state index contributed by atoms with van der Waals surface area (Å²) in [6.45, 7) is 2.52. The van der Waals surface area contributed by atoms with Gasteiger partial charge in [-0.2, -0.15) is 0 Å². The molecule has 3 rings (SSSR count). The predicted octanol–water partition coefficient (Wildman–Crippen LogP) is 4.76. The molecule has 2 N–H and O–H groups in total. The summed E-state index contributed by atoms with van der Waals surface area (Å²) in [6.07, 6.45) is 5.79. The average molecular weight is 464 g/mol. The number of allylic oxidation sites excluding steroid dienone is 2. The second-order valence-electron chi connectivity index (χ2n) is 7.18. The first kappa shape index (κ1) is 23.0. The molecule has 1 saturated carbocycles. The highest BCUT2D eigenvalue weighted by Gasteiger charge is 2.23. The summed E-state index contributed by atoms with van der Waals surface area (Å²) in [7, 11) is 3.44. The summed E-state index contributed by atoms with van der Waals surface area (Å²) < 4.78 is 40.5. The molecule has 1 aliphatic rings. The second-order valence-corrected chi connectivity index (χ2v) is 10.0. The van der Waals surface area contributed by atoms with E-state index in [1.54, 1.807) is 24.6 Å². The zero-order valence-corrected chi connectivity index (χ0v) is 20.1. The maximum absolute atomic E-state index is 13.0. The molecule has 0 atom stereocenters. The third-order valence-corrected chi connectivity index (χ3v) is 7.55. The lowest BCUT2D eigenvalue weighted by Gasteiger charge is -2.24. The Morgan fingerprint density at radius 2 is 2.06 bits per heavy atom. The van der Waals surface area contributed by atoms with Crippen molar-refractivity contribution in [2.24, 2.45) is 0 Å². The number of nitrogens with one attached hydrogen (secondary N) is 2. The van der Waals surface area contributed by atoms with E-state index in [2.05, 4.69) is 10.0 Å². The number of hydrogen-bond acceptors (Lipinski definition) is 7. The van der Waals surface area contributed by atoms with Crippen LogP contribution < -0.4 is 19.7 Å². The Balaban J connectivity index is 2.17. The van der Waals surface area contributed by atoms with Gasteiger partial charge in [-0.1, -0.05) is 6.07 Å². The zero-order valence-electron chi connectivity index (χ0n) is 18.5. The highest BCUT2D eigenvalue weighted by molar-refractivity contribution is 7.94. The Labute approximate surface area is 188 Å². The van der Waals surface area contributed by atoms with E-state index in [0.29, 0.717) is 23.6 Å². The van der Waals surface area contributed by atoms with Crippen LogP contribution in [-0.2, 0) is 14.8 Å². The van der Waals surface area contributed by atoms with Crippen molar-refractivity contribution < 1.29 is 17.9 Å². The molecule has 0 aliphatic heterocycles. The van der Waals surface area contributed by atoms with E-state index < -0.39 is 10.0 Å². The maximum atomic E-state index is 13.0. The molecule has 2 aromatic rings. The Bertz CT molecular complexity index is 1080. The zero-order chi connectivity index (χ0) is 22.6. The number of sulfonamides is 1. The summed E-state index contributed by atoms with van der Waals surface area (Å²) in [5.74, 6) is 1.38. The molecule has 1 heterocycles. The minimum atomic E-state index is -3.74. The van der Waals surface area contributed by atoms with Gasteiger partial charge < -0.3 is 19.7 Å². The maximum Gasteiger partial charge on any atom is 0.271 e. The van der Waals surface area contributed by atoms with Gasteiger partial charge in [0, 0.05) is 26.7 Å². The number of nitrogens with zero attached hydrogens (tertiary/aromatic N) is 1. The van der Waals surface area contributed by atoms with E-state index in [1.807, 2.05) is 51.2 Å². The largest absolute Gasteiger partial charge is 0.494 e. The fraction of sp³-hybridized carbons (Fsp3) is 0.364. The third-order valence-electron chi connectivity index (χ3n) is 4.79. The van der Waals surface area contributed by atoms with Gasteiger partial charge in [-0.15, -0.1) is 11.3 Å². The molecule has 1 aromatic heterocycles. The SMILES string of the molecule is CCOC(/C=C/c1c(NS(=O)(=O)c2cccs2)cc(N(C)C)c(NC)c1OC)=C1CC1. The predicted molar refractivity (Wildman–Crippen MR) is 129 cm³/mol. The average Bonchev–Trinajstić information content (AvgIpc) is 3.42. The normalized spacial score (nSPS) is 13.3. The first-order valence-corrected chi connectivity index (χ1v) is 12.4. The molecule has 0 spiro atoms. The van der Waals surface area contributed by atoms with Crippen molar-refractivity contribution in [3.63, 3.8) is 0 Å². The smallest absolute Gasteiger partial charge is 0.271 e. The molecular weight excluding hydrogens is 434 g/mol. The highest BCUT2D eigenvalue weighted by Crippen LogP contribution is 2.44. The van der Waals surface area contributed by atoms with Crippen LogP contribution in [0.2, 0.25) is 0 Å². The van der Waals surface area contributed by atoms with Gasteiger partial charge in [0.15, 0.2) is 5.75 Å². The number of rotatable bonds is 10. The van der Waals surface area contributed by atoms with Gasteiger partial charge in [-0.25, -0.2) is 8.42 Å². The lowest BCUT2D eigenvalue weighted by atomic mass is 10.1. The molecular formula is C22H29N3O4S2. The summed E-state index contributed by atoms with van der Waals surface area (Å²) in [5, 5.41) is 4.92. The summed E-state index contributed by atoms with van der Waals surface area (Å²) >= 11 is 1.17. The molecule has 1 fully saturated rings. The van der Waals surface area contributed by atoms with Crippen molar-refractivity contribution in [1.29, 1.82) is 0 Å². The van der Waals surface area contributed by atoms with Crippen LogP contribution in [0.15, 0.2) is 45.2 Å². The van der Waals surface area contributed by atoms with E-state index in [-0.39, 0.29) is 4.21 Å². The Kier molecular flexibility index (Phi) is 7.17. The van der Waals surface area contributed by atoms with Gasteiger partial charge >= 0.3 is 0 Å². The van der Waals surface area contributed by atoms with Crippen LogP contribution in [0.4, 0.5) is 17.1 Å². The molecule has 0 bridgehead atoms. The number of benzene rings is 1. The lowest BCUT2D eigenvalue weighted by Crippen LogP contribution is -2.16. The van der Waals surface area contributed by atoms with Crippen molar-refractivity contribution >= 4 is 44.5 Å². The van der Waals surface area contributed by atoms with Crippen LogP contribution in [0, 0.1) is 0 Å². The fourth-order valence-electron chi connectivity index (χ4n) is 3.22. The van der Waals surface area contributed by atoms with Crippen LogP contribution in [0.25, 0.3) is 6.08 Å². The van der Waals surface area contributed by atoms with E-state index >= 15 is 0 Å². The molecule has 1 aromatic carbocycles. The fourth-order valence-corrected chi connectivity index (χ4v) is 5.28. The third kappa shape index (κ3) is 5.16. The van der Waals surface area contributed by atoms with Gasteiger partial charge in [0.1, 0.15) is 15.7 Å². The van der Waals surface area contributed by atoms with Gasteiger partial charge in [0.25, 0.3) is 10.0 Å². The molecule has 0 unspecified atom stereocenters. The van der Waals surface area contributed by atoms with Crippen molar-refractivity contribution in [3.8, 4) is 5.75 Å². The second kappa shape index (κ2) is 9.65. The van der Waals surface area contributed by atoms with Crippen molar-refractivity contribution in [3.05, 3.63) is 46.6 Å². The van der Waals surface area contributed by atoms with Crippen LogP contribution in [0.1, 0.15) is 25.3 Å². The van der Waals surface area contributed by atoms with Crippen LogP contribution in [-0.4, -0.2) is 43.3 Å². The van der Waals surface area contributed by atoms with Gasteiger partial charge in [0.05, 0.1) is 25.1 Å². The Morgan fingerprint density at radius 3 is 2.58 bits per heavy atom. The summed E-state index contributed by atoms with van der Waals surface area (Å²) in [5.41, 5.74) is 3.88. The van der Waals surface area contributed by atoms with Crippen LogP contribution >= 0.6 is 11.3 Å². The Hall–Kier alpha value is -2.65.